The molecule has 0 unspecified atom stereocenters. The van der Waals surface area contributed by atoms with Crippen molar-refractivity contribution < 1.29 is 4.74 Å². The van der Waals surface area contributed by atoms with Gasteiger partial charge in [-0.3, -0.25) is 0 Å². The lowest BCUT2D eigenvalue weighted by molar-refractivity contribution is 0.184. The number of hydrogen-bond donors (Lipinski definition) is 1. The van der Waals surface area contributed by atoms with Crippen LogP contribution in [0.4, 0.5) is 0 Å². The Labute approximate surface area is 101 Å². The lowest BCUT2D eigenvalue weighted by Gasteiger charge is -2.22. The number of aromatic nitrogens is 1. The zero-order valence-corrected chi connectivity index (χ0v) is 10.7. The summed E-state index contributed by atoms with van der Waals surface area (Å²) >= 11 is 1.68. The predicted octanol–water partition coefficient (Wildman–Crippen LogP) is 2.71. The third kappa shape index (κ3) is 3.54. The number of ether oxygens (including phenoxy) is 1. The van der Waals surface area contributed by atoms with Gasteiger partial charge in [0, 0.05) is 25.1 Å². The zero-order valence-electron chi connectivity index (χ0n) is 9.87. The number of nitrogens with one attached hydrogen (secondary N) is 1. The Morgan fingerprint density at radius 3 is 3.00 bits per heavy atom. The highest BCUT2D eigenvalue weighted by atomic mass is 32.1. The van der Waals surface area contributed by atoms with Gasteiger partial charge < -0.3 is 10.1 Å². The fraction of sp³-hybridized carbons (Fsp3) is 0.750. The van der Waals surface area contributed by atoms with Crippen LogP contribution in [-0.4, -0.2) is 18.1 Å². The highest BCUT2D eigenvalue weighted by Gasteiger charge is 2.12. The fourth-order valence-corrected chi connectivity index (χ4v) is 2.94. The Kier molecular flexibility index (Phi) is 4.75. The molecule has 1 N–H and O–H groups in total. The third-order valence-electron chi connectivity index (χ3n) is 3.04. The van der Waals surface area contributed by atoms with Crippen LogP contribution in [0.2, 0.25) is 0 Å². The number of hydrogen-bond acceptors (Lipinski definition) is 4. The maximum absolute atomic E-state index is 5.06. The Bertz CT molecular complexity index is 308. The Hall–Kier alpha value is -0.450. The van der Waals surface area contributed by atoms with E-state index in [1.807, 2.05) is 0 Å². The first kappa shape index (κ1) is 12.0. The normalized spacial score (nSPS) is 17.8. The van der Waals surface area contributed by atoms with E-state index in [1.165, 1.54) is 32.1 Å². The molecule has 1 aromatic heterocycles. The zero-order chi connectivity index (χ0) is 11.2. The summed E-state index contributed by atoms with van der Waals surface area (Å²) in [5.41, 5.74) is 1.16. The molecule has 0 bridgehead atoms. The van der Waals surface area contributed by atoms with Crippen LogP contribution >= 0.6 is 11.3 Å². The van der Waals surface area contributed by atoms with E-state index in [2.05, 4.69) is 15.7 Å². The summed E-state index contributed by atoms with van der Waals surface area (Å²) in [7, 11) is 1.71. The second kappa shape index (κ2) is 6.33. The molecule has 0 spiro atoms. The molecule has 0 radical (unpaired) electrons. The molecule has 1 aromatic rings. The van der Waals surface area contributed by atoms with Crippen molar-refractivity contribution in [2.24, 2.45) is 0 Å². The SMILES string of the molecule is COCc1nc(CNC2CCCCC2)cs1. The summed E-state index contributed by atoms with van der Waals surface area (Å²) in [6.07, 6.45) is 6.82. The third-order valence-corrected chi connectivity index (χ3v) is 3.92. The van der Waals surface area contributed by atoms with E-state index in [-0.39, 0.29) is 0 Å². The van der Waals surface area contributed by atoms with Gasteiger partial charge in [0.25, 0.3) is 0 Å². The summed E-state index contributed by atoms with van der Waals surface area (Å²) in [5.74, 6) is 0. The van der Waals surface area contributed by atoms with Crippen LogP contribution in [0.25, 0.3) is 0 Å². The van der Waals surface area contributed by atoms with E-state index in [0.29, 0.717) is 12.6 Å². The van der Waals surface area contributed by atoms with E-state index in [4.69, 9.17) is 4.74 Å². The molecule has 90 valence electrons. The standard InChI is InChI=1S/C12H20N2OS/c1-15-8-12-14-11(9-16-12)7-13-10-5-3-2-4-6-10/h9-10,13H,2-8H2,1H3. The minimum absolute atomic E-state index is 0.633. The minimum Gasteiger partial charge on any atom is -0.378 e. The lowest BCUT2D eigenvalue weighted by Crippen LogP contribution is -2.30. The average molecular weight is 240 g/mol. The first-order valence-electron chi connectivity index (χ1n) is 6.04. The Balaban J connectivity index is 1.75. The van der Waals surface area contributed by atoms with Gasteiger partial charge in [-0.2, -0.15) is 0 Å². The molecule has 0 saturated heterocycles. The van der Waals surface area contributed by atoms with Gasteiger partial charge in [-0.1, -0.05) is 19.3 Å². The Morgan fingerprint density at radius 2 is 2.25 bits per heavy atom. The second-order valence-electron chi connectivity index (χ2n) is 4.38. The number of nitrogens with zero attached hydrogens (tertiary/aromatic N) is 1. The van der Waals surface area contributed by atoms with Gasteiger partial charge in [-0.05, 0) is 12.8 Å². The van der Waals surface area contributed by atoms with Gasteiger partial charge in [0.15, 0.2) is 0 Å². The van der Waals surface area contributed by atoms with Gasteiger partial charge in [0.05, 0.1) is 12.3 Å². The highest BCUT2D eigenvalue weighted by molar-refractivity contribution is 7.09. The van der Waals surface area contributed by atoms with Crippen molar-refractivity contribution in [2.75, 3.05) is 7.11 Å². The summed E-state index contributed by atoms with van der Waals surface area (Å²) in [4.78, 5) is 4.52. The van der Waals surface area contributed by atoms with E-state index in [1.54, 1.807) is 18.4 Å². The first-order valence-corrected chi connectivity index (χ1v) is 6.92. The molecule has 4 heteroatoms. The molecule has 1 heterocycles. The molecule has 0 aliphatic heterocycles. The molecule has 2 rings (SSSR count). The fourth-order valence-electron chi connectivity index (χ4n) is 2.18. The molecule has 1 saturated carbocycles. The minimum atomic E-state index is 0.633. The van der Waals surface area contributed by atoms with Crippen LogP contribution in [0.3, 0.4) is 0 Å². The van der Waals surface area contributed by atoms with Crippen LogP contribution in [0.1, 0.15) is 42.8 Å². The second-order valence-corrected chi connectivity index (χ2v) is 5.32. The van der Waals surface area contributed by atoms with Gasteiger partial charge in [-0.15, -0.1) is 11.3 Å². The van der Waals surface area contributed by atoms with E-state index in [0.717, 1.165) is 17.2 Å². The van der Waals surface area contributed by atoms with Crippen molar-refractivity contribution in [3.63, 3.8) is 0 Å². The van der Waals surface area contributed by atoms with E-state index < -0.39 is 0 Å². The van der Waals surface area contributed by atoms with Crippen molar-refractivity contribution in [1.29, 1.82) is 0 Å². The number of rotatable bonds is 5. The van der Waals surface area contributed by atoms with Crippen molar-refractivity contribution in [3.05, 3.63) is 16.1 Å². The molecule has 0 atom stereocenters. The lowest BCUT2D eigenvalue weighted by atomic mass is 9.95. The molecule has 1 aliphatic carbocycles. The van der Waals surface area contributed by atoms with Crippen LogP contribution in [0.5, 0.6) is 0 Å². The molecule has 1 fully saturated rings. The monoisotopic (exact) mass is 240 g/mol. The molecular formula is C12H20N2OS. The summed E-state index contributed by atoms with van der Waals surface area (Å²) in [5, 5.41) is 6.80. The van der Waals surface area contributed by atoms with Gasteiger partial charge in [0.2, 0.25) is 0 Å². The molecule has 3 nitrogen and oxygen atoms in total. The first-order chi connectivity index (χ1) is 7.88. The Morgan fingerprint density at radius 1 is 1.44 bits per heavy atom. The highest BCUT2D eigenvalue weighted by Crippen LogP contribution is 2.18. The van der Waals surface area contributed by atoms with Crippen LogP contribution in [-0.2, 0) is 17.9 Å². The molecule has 1 aliphatic rings. The predicted molar refractivity (Wildman–Crippen MR) is 66.5 cm³/mol. The molecule has 0 aromatic carbocycles. The van der Waals surface area contributed by atoms with E-state index in [9.17, 15) is 0 Å². The van der Waals surface area contributed by atoms with Gasteiger partial charge >= 0.3 is 0 Å². The van der Waals surface area contributed by atoms with Crippen molar-refractivity contribution in [2.45, 2.75) is 51.3 Å². The maximum atomic E-state index is 5.06. The van der Waals surface area contributed by atoms with Crippen LogP contribution in [0.15, 0.2) is 5.38 Å². The van der Waals surface area contributed by atoms with Crippen molar-refractivity contribution in [3.8, 4) is 0 Å². The number of thiazole rings is 1. The van der Waals surface area contributed by atoms with Crippen molar-refractivity contribution >= 4 is 11.3 Å². The molecule has 0 amide bonds. The summed E-state index contributed by atoms with van der Waals surface area (Å²) in [6, 6.07) is 0.710. The van der Waals surface area contributed by atoms with Gasteiger partial charge in [-0.25, -0.2) is 4.98 Å². The topological polar surface area (TPSA) is 34.1 Å². The smallest absolute Gasteiger partial charge is 0.119 e. The largest absolute Gasteiger partial charge is 0.378 e. The van der Waals surface area contributed by atoms with Crippen molar-refractivity contribution in [1.82, 2.24) is 10.3 Å². The average Bonchev–Trinajstić information content (AvgIpc) is 2.76. The quantitative estimate of drug-likeness (QED) is 0.859. The van der Waals surface area contributed by atoms with E-state index >= 15 is 0 Å². The number of methoxy groups -OCH3 is 1. The van der Waals surface area contributed by atoms with Gasteiger partial charge in [0.1, 0.15) is 5.01 Å². The molecular weight excluding hydrogens is 220 g/mol. The van der Waals surface area contributed by atoms with Crippen LogP contribution in [0, 0.1) is 0 Å². The van der Waals surface area contributed by atoms with Crippen LogP contribution < -0.4 is 5.32 Å². The maximum Gasteiger partial charge on any atom is 0.119 e. The summed E-state index contributed by atoms with van der Waals surface area (Å²) < 4.78 is 5.06. The summed E-state index contributed by atoms with van der Waals surface area (Å²) in [6.45, 7) is 1.54. The molecule has 16 heavy (non-hydrogen) atoms.